The lowest BCUT2D eigenvalue weighted by atomic mass is 10.1. The zero-order chi connectivity index (χ0) is 21.0. The summed E-state index contributed by atoms with van der Waals surface area (Å²) >= 11 is 0.618. The minimum Gasteiger partial charge on any atom is -0.496 e. The predicted octanol–water partition coefficient (Wildman–Crippen LogP) is 2.60. The Hall–Kier alpha value is -3.08. The molecule has 1 aromatic rings. The van der Waals surface area contributed by atoms with E-state index in [4.69, 9.17) is 14.2 Å². The fourth-order valence-electron chi connectivity index (χ4n) is 2.48. The second kappa shape index (κ2) is 8.74. The van der Waals surface area contributed by atoms with Crippen LogP contribution in [0.15, 0.2) is 17.0 Å². The average molecular weight is 410 g/mol. The average Bonchev–Trinajstić information content (AvgIpc) is 2.94. The molecule has 1 heterocycles. The number of amides is 2. The van der Waals surface area contributed by atoms with Gasteiger partial charge in [-0.05, 0) is 31.7 Å². The van der Waals surface area contributed by atoms with E-state index in [1.165, 1.54) is 39.4 Å². The molecule has 0 spiro atoms. The van der Waals surface area contributed by atoms with E-state index in [0.717, 1.165) is 4.90 Å². The van der Waals surface area contributed by atoms with Gasteiger partial charge in [0, 0.05) is 17.7 Å². The summed E-state index contributed by atoms with van der Waals surface area (Å²) in [4.78, 5) is 48.1. The lowest BCUT2D eigenvalue weighted by Crippen LogP contribution is -2.42. The number of rotatable bonds is 7. The second-order valence-electron chi connectivity index (χ2n) is 5.50. The maximum Gasteiger partial charge on any atom is 0.329 e. The number of esters is 1. The van der Waals surface area contributed by atoms with Gasteiger partial charge in [0.25, 0.3) is 11.1 Å². The number of carbonyl (C=O) groups is 3. The van der Waals surface area contributed by atoms with Crippen LogP contribution in [0.5, 0.6) is 11.5 Å². The number of nitrogens with zero attached hydrogens (tertiary/aromatic N) is 2. The van der Waals surface area contributed by atoms with Crippen LogP contribution < -0.4 is 9.47 Å². The summed E-state index contributed by atoms with van der Waals surface area (Å²) < 4.78 is 15.0. The van der Waals surface area contributed by atoms with Gasteiger partial charge in [0.1, 0.15) is 11.8 Å². The Labute approximate surface area is 164 Å². The minimum atomic E-state index is -1.09. The molecule has 0 N–H and O–H groups in total. The van der Waals surface area contributed by atoms with E-state index < -0.39 is 28.1 Å². The topological polar surface area (TPSA) is 125 Å². The van der Waals surface area contributed by atoms with Gasteiger partial charge in [-0.2, -0.15) is 0 Å². The molecule has 1 aliphatic heterocycles. The van der Waals surface area contributed by atoms with Crippen molar-refractivity contribution in [3.8, 4) is 11.5 Å². The summed E-state index contributed by atoms with van der Waals surface area (Å²) in [6, 6.07) is 1.40. The van der Waals surface area contributed by atoms with Gasteiger partial charge in [0.05, 0.1) is 30.7 Å². The Balaban J connectivity index is 2.44. The Morgan fingerprint density at radius 3 is 2.46 bits per heavy atom. The number of benzene rings is 1. The SMILES string of the molecule is CCOC(=O)[C@@H](C)N1C(=O)S/C(=C/c2cc([N+](=O)[O-])c(OC)cc2OC)C1=O. The predicted molar refractivity (Wildman–Crippen MR) is 100 cm³/mol. The number of carbonyl (C=O) groups excluding carboxylic acids is 3. The van der Waals surface area contributed by atoms with E-state index >= 15 is 0 Å². The fourth-order valence-corrected chi connectivity index (χ4v) is 3.38. The molecule has 0 unspecified atom stereocenters. The normalized spacial score (nSPS) is 16.3. The van der Waals surface area contributed by atoms with Crippen LogP contribution in [-0.2, 0) is 14.3 Å². The van der Waals surface area contributed by atoms with Crippen LogP contribution in [0.2, 0.25) is 0 Å². The highest BCUT2D eigenvalue weighted by atomic mass is 32.2. The van der Waals surface area contributed by atoms with Crippen LogP contribution in [0, 0.1) is 10.1 Å². The minimum absolute atomic E-state index is 0.00101. The molecule has 2 rings (SSSR count). The van der Waals surface area contributed by atoms with Crippen molar-refractivity contribution in [2.24, 2.45) is 0 Å². The molecule has 1 fully saturated rings. The Morgan fingerprint density at radius 2 is 1.93 bits per heavy atom. The van der Waals surface area contributed by atoms with Crippen molar-refractivity contribution in [3.05, 3.63) is 32.7 Å². The zero-order valence-corrected chi connectivity index (χ0v) is 16.4. The van der Waals surface area contributed by atoms with Crippen molar-refractivity contribution in [3.63, 3.8) is 0 Å². The van der Waals surface area contributed by atoms with Gasteiger partial charge in [0.15, 0.2) is 0 Å². The number of thioether (sulfide) groups is 1. The van der Waals surface area contributed by atoms with Crippen molar-refractivity contribution in [1.29, 1.82) is 0 Å². The summed E-state index contributed by atoms with van der Waals surface area (Å²) in [5, 5.41) is 10.6. The Bertz CT molecular complexity index is 867. The van der Waals surface area contributed by atoms with Crippen LogP contribution in [0.25, 0.3) is 6.08 Å². The lowest BCUT2D eigenvalue weighted by molar-refractivity contribution is -0.385. The fraction of sp³-hybridized carbons (Fsp3) is 0.353. The Morgan fingerprint density at radius 1 is 1.29 bits per heavy atom. The lowest BCUT2D eigenvalue weighted by Gasteiger charge is -2.19. The quantitative estimate of drug-likeness (QED) is 0.288. The highest BCUT2D eigenvalue weighted by Gasteiger charge is 2.41. The Kier molecular flexibility index (Phi) is 6.62. The first-order chi connectivity index (χ1) is 13.2. The van der Waals surface area contributed by atoms with E-state index in [1.54, 1.807) is 6.92 Å². The van der Waals surface area contributed by atoms with E-state index in [0.29, 0.717) is 11.8 Å². The number of hydrogen-bond donors (Lipinski definition) is 0. The van der Waals surface area contributed by atoms with Crippen molar-refractivity contribution in [2.75, 3.05) is 20.8 Å². The molecule has 0 radical (unpaired) electrons. The molecule has 1 saturated heterocycles. The third kappa shape index (κ3) is 4.09. The van der Waals surface area contributed by atoms with Gasteiger partial charge < -0.3 is 14.2 Å². The monoisotopic (exact) mass is 410 g/mol. The van der Waals surface area contributed by atoms with E-state index in [-0.39, 0.29) is 34.3 Å². The number of methoxy groups -OCH3 is 2. The molecular weight excluding hydrogens is 392 g/mol. The number of imide groups is 1. The molecule has 28 heavy (non-hydrogen) atoms. The largest absolute Gasteiger partial charge is 0.496 e. The summed E-state index contributed by atoms with van der Waals surface area (Å²) in [6.07, 6.45) is 1.30. The van der Waals surface area contributed by atoms with Gasteiger partial charge >= 0.3 is 11.7 Å². The first kappa shape index (κ1) is 21.2. The van der Waals surface area contributed by atoms with Crippen molar-refractivity contribution < 1.29 is 33.5 Å². The molecule has 2 amide bonds. The molecule has 11 heteroatoms. The second-order valence-corrected chi connectivity index (χ2v) is 6.50. The van der Waals surface area contributed by atoms with E-state index in [1.807, 2.05) is 0 Å². The molecule has 0 bridgehead atoms. The van der Waals surface area contributed by atoms with Crippen molar-refractivity contribution in [1.82, 2.24) is 4.90 Å². The first-order valence-electron chi connectivity index (χ1n) is 8.09. The third-order valence-electron chi connectivity index (χ3n) is 3.85. The molecule has 0 aliphatic carbocycles. The van der Waals surface area contributed by atoms with Gasteiger partial charge in [-0.15, -0.1) is 0 Å². The van der Waals surface area contributed by atoms with Gasteiger partial charge in [-0.25, -0.2) is 4.79 Å². The van der Waals surface area contributed by atoms with Crippen molar-refractivity contribution in [2.45, 2.75) is 19.9 Å². The summed E-state index contributed by atoms with van der Waals surface area (Å²) in [6.45, 7) is 3.11. The highest BCUT2D eigenvalue weighted by Crippen LogP contribution is 2.39. The van der Waals surface area contributed by atoms with Crippen LogP contribution in [-0.4, -0.2) is 53.8 Å². The highest BCUT2D eigenvalue weighted by molar-refractivity contribution is 8.18. The molecule has 0 aromatic heterocycles. The molecule has 1 aliphatic rings. The molecule has 10 nitrogen and oxygen atoms in total. The molecule has 0 saturated carbocycles. The maximum atomic E-state index is 12.6. The summed E-state index contributed by atoms with van der Waals surface area (Å²) in [5.74, 6) is -1.20. The summed E-state index contributed by atoms with van der Waals surface area (Å²) in [5.41, 5.74) is -0.113. The number of nitro groups is 1. The van der Waals surface area contributed by atoms with Crippen LogP contribution in [0.3, 0.4) is 0 Å². The molecule has 1 aromatic carbocycles. The molecule has 150 valence electrons. The van der Waals surface area contributed by atoms with Gasteiger partial charge in [-0.1, -0.05) is 0 Å². The standard InChI is InChI=1S/C17H18N2O8S/c1-5-27-16(21)9(2)18-15(20)14(28-17(18)22)7-10-6-11(19(23)24)13(26-4)8-12(10)25-3/h6-9H,5H2,1-4H3/b14-7+/t9-/m1/s1. The van der Waals surface area contributed by atoms with Crippen LogP contribution in [0.4, 0.5) is 10.5 Å². The van der Waals surface area contributed by atoms with Gasteiger partial charge in [-0.3, -0.25) is 24.6 Å². The van der Waals surface area contributed by atoms with Crippen LogP contribution in [0.1, 0.15) is 19.4 Å². The molecule has 1 atom stereocenters. The van der Waals surface area contributed by atoms with Gasteiger partial charge in [0.2, 0.25) is 5.75 Å². The zero-order valence-electron chi connectivity index (χ0n) is 15.6. The van der Waals surface area contributed by atoms with Crippen molar-refractivity contribution >= 4 is 40.6 Å². The first-order valence-corrected chi connectivity index (χ1v) is 8.90. The number of hydrogen-bond acceptors (Lipinski definition) is 9. The smallest absolute Gasteiger partial charge is 0.329 e. The third-order valence-corrected chi connectivity index (χ3v) is 4.74. The van der Waals surface area contributed by atoms with E-state index in [2.05, 4.69) is 0 Å². The van der Waals surface area contributed by atoms with Crippen LogP contribution >= 0.6 is 11.8 Å². The molecular formula is C17H18N2O8S. The number of nitro benzene ring substituents is 1. The number of ether oxygens (including phenoxy) is 3. The summed E-state index contributed by atoms with van der Waals surface area (Å²) in [7, 11) is 2.64. The maximum absolute atomic E-state index is 12.6. The van der Waals surface area contributed by atoms with E-state index in [9.17, 15) is 24.5 Å².